The molecule has 12 nitrogen and oxygen atoms in total. The molecule has 0 aliphatic rings. The standard InChI is InChI=1S/C40H78N4O8/c1-28(22-27-40(44,33(48)52-37(11,12)13)26-19-23-38(14,42)31(46)50-35(5,6)7)20-16-15-17-24-39(43,32(47)51-36(8,9)10)25-18-21-29(41)30(45)49-34(2,3)4/h28-29H,15-27,41-44H2,1-14H3. The van der Waals surface area contributed by atoms with Crippen LogP contribution in [0.2, 0.25) is 0 Å². The van der Waals surface area contributed by atoms with E-state index in [0.29, 0.717) is 57.8 Å². The number of carbonyl (C=O) groups is 4. The topological polar surface area (TPSA) is 209 Å². The summed E-state index contributed by atoms with van der Waals surface area (Å²) in [6, 6.07) is -0.802. The van der Waals surface area contributed by atoms with E-state index in [4.69, 9.17) is 41.9 Å². The lowest BCUT2D eigenvalue weighted by atomic mass is 9.82. The molecule has 0 spiro atoms. The molecule has 8 N–H and O–H groups in total. The van der Waals surface area contributed by atoms with Gasteiger partial charge in [-0.1, -0.05) is 32.6 Å². The molecule has 0 heterocycles. The second kappa shape index (κ2) is 19.9. The predicted octanol–water partition coefficient (Wildman–Crippen LogP) is 6.50. The van der Waals surface area contributed by atoms with Gasteiger partial charge in [0, 0.05) is 0 Å². The number of hydrogen-bond donors (Lipinski definition) is 4. The Morgan fingerprint density at radius 2 is 0.865 bits per heavy atom. The summed E-state index contributed by atoms with van der Waals surface area (Å²) in [5, 5.41) is 0. The summed E-state index contributed by atoms with van der Waals surface area (Å²) in [5.41, 5.74) is 19.6. The van der Waals surface area contributed by atoms with Crippen molar-refractivity contribution in [1.29, 1.82) is 0 Å². The van der Waals surface area contributed by atoms with Gasteiger partial charge >= 0.3 is 23.9 Å². The summed E-state index contributed by atoms with van der Waals surface area (Å²) in [5.74, 6) is -1.61. The maximum atomic E-state index is 13.4. The Bertz CT molecular complexity index is 1150. The maximum Gasteiger partial charge on any atom is 0.326 e. The highest BCUT2D eigenvalue weighted by Crippen LogP contribution is 2.29. The zero-order valence-electron chi connectivity index (χ0n) is 35.4. The van der Waals surface area contributed by atoms with Gasteiger partial charge in [-0.3, -0.25) is 19.2 Å². The largest absolute Gasteiger partial charge is 0.459 e. The second-order valence-corrected chi connectivity index (χ2v) is 19.4. The summed E-state index contributed by atoms with van der Waals surface area (Å²) in [6.07, 6.45) is 7.15. The molecule has 0 saturated heterocycles. The molecule has 306 valence electrons. The molecule has 52 heavy (non-hydrogen) atoms. The van der Waals surface area contributed by atoms with Crippen molar-refractivity contribution in [2.45, 2.75) is 225 Å². The Morgan fingerprint density at radius 3 is 1.33 bits per heavy atom. The highest BCUT2D eigenvalue weighted by Gasteiger charge is 2.40. The number of esters is 4. The lowest BCUT2D eigenvalue weighted by Crippen LogP contribution is -2.52. The van der Waals surface area contributed by atoms with Crippen LogP contribution in [0.4, 0.5) is 0 Å². The number of carbonyl (C=O) groups excluding carboxylic acids is 4. The smallest absolute Gasteiger partial charge is 0.326 e. The van der Waals surface area contributed by atoms with Crippen molar-refractivity contribution in [3.8, 4) is 0 Å². The van der Waals surface area contributed by atoms with Gasteiger partial charge in [-0.25, -0.2) is 0 Å². The average Bonchev–Trinajstić information content (AvgIpc) is 2.92. The van der Waals surface area contributed by atoms with Gasteiger partial charge in [-0.2, -0.15) is 0 Å². The lowest BCUT2D eigenvalue weighted by molar-refractivity contribution is -0.164. The Kier molecular flexibility index (Phi) is 19.0. The van der Waals surface area contributed by atoms with Crippen LogP contribution in [0.15, 0.2) is 0 Å². The molecule has 0 aromatic carbocycles. The third-order valence-electron chi connectivity index (χ3n) is 8.55. The van der Waals surface area contributed by atoms with E-state index in [1.54, 1.807) is 48.5 Å². The van der Waals surface area contributed by atoms with Crippen molar-refractivity contribution in [2.24, 2.45) is 28.9 Å². The first-order chi connectivity index (χ1) is 23.2. The fraction of sp³-hybridized carbons (Fsp3) is 0.900. The van der Waals surface area contributed by atoms with E-state index in [1.165, 1.54) is 0 Å². The van der Waals surface area contributed by atoms with E-state index < -0.39 is 68.9 Å². The van der Waals surface area contributed by atoms with Crippen LogP contribution in [0.5, 0.6) is 0 Å². The summed E-state index contributed by atoms with van der Waals surface area (Å²) < 4.78 is 22.3. The third-order valence-corrected chi connectivity index (χ3v) is 8.55. The van der Waals surface area contributed by atoms with Crippen LogP contribution in [0.1, 0.15) is 180 Å². The molecular weight excluding hydrogens is 664 g/mol. The third kappa shape index (κ3) is 21.4. The van der Waals surface area contributed by atoms with E-state index in [-0.39, 0.29) is 5.92 Å². The molecule has 12 heteroatoms. The number of unbranched alkanes of at least 4 members (excludes halogenated alkanes) is 2. The van der Waals surface area contributed by atoms with Crippen molar-refractivity contribution in [2.75, 3.05) is 0 Å². The highest BCUT2D eigenvalue weighted by molar-refractivity contribution is 5.82. The zero-order valence-corrected chi connectivity index (χ0v) is 35.4. The van der Waals surface area contributed by atoms with Gasteiger partial charge in [0.1, 0.15) is 45.1 Å². The van der Waals surface area contributed by atoms with Crippen LogP contribution >= 0.6 is 0 Å². The number of rotatable bonds is 21. The molecule has 0 saturated carbocycles. The van der Waals surface area contributed by atoms with Crippen molar-refractivity contribution in [3.63, 3.8) is 0 Å². The van der Waals surface area contributed by atoms with E-state index in [0.717, 1.165) is 25.7 Å². The van der Waals surface area contributed by atoms with Crippen LogP contribution in [0.3, 0.4) is 0 Å². The van der Waals surface area contributed by atoms with Gasteiger partial charge < -0.3 is 41.9 Å². The summed E-state index contributed by atoms with van der Waals surface area (Å²) >= 11 is 0. The Hall–Kier alpha value is -2.28. The van der Waals surface area contributed by atoms with Gasteiger partial charge in [0.2, 0.25) is 0 Å². The Balaban J connectivity index is 5.30. The lowest BCUT2D eigenvalue weighted by Gasteiger charge is -2.33. The van der Waals surface area contributed by atoms with Crippen molar-refractivity contribution < 1.29 is 38.1 Å². The van der Waals surface area contributed by atoms with E-state index in [9.17, 15) is 19.2 Å². The molecule has 0 rings (SSSR count). The minimum absolute atomic E-state index is 0.273. The van der Waals surface area contributed by atoms with E-state index in [2.05, 4.69) is 6.92 Å². The van der Waals surface area contributed by atoms with Crippen molar-refractivity contribution >= 4 is 23.9 Å². The van der Waals surface area contributed by atoms with Crippen LogP contribution in [0, 0.1) is 5.92 Å². The van der Waals surface area contributed by atoms with Crippen LogP contribution in [-0.2, 0) is 38.1 Å². The molecule has 0 amide bonds. The molecule has 0 bridgehead atoms. The highest BCUT2D eigenvalue weighted by atomic mass is 16.6. The maximum absolute atomic E-state index is 13.4. The van der Waals surface area contributed by atoms with Crippen LogP contribution < -0.4 is 22.9 Å². The van der Waals surface area contributed by atoms with E-state index in [1.807, 2.05) is 41.5 Å². The second-order valence-electron chi connectivity index (χ2n) is 19.4. The van der Waals surface area contributed by atoms with Crippen LogP contribution in [-0.4, -0.2) is 68.9 Å². The Morgan fingerprint density at radius 1 is 0.462 bits per heavy atom. The Labute approximate surface area is 315 Å². The van der Waals surface area contributed by atoms with Gasteiger partial charge in [0.05, 0.1) is 0 Å². The molecule has 0 aliphatic heterocycles. The predicted molar refractivity (Wildman–Crippen MR) is 207 cm³/mol. The van der Waals surface area contributed by atoms with E-state index >= 15 is 0 Å². The molecule has 0 radical (unpaired) electrons. The van der Waals surface area contributed by atoms with Gasteiger partial charge in [0.15, 0.2) is 0 Å². The molecule has 0 fully saturated rings. The summed E-state index contributed by atoms with van der Waals surface area (Å²) in [6.45, 7) is 25.4. The summed E-state index contributed by atoms with van der Waals surface area (Å²) in [7, 11) is 0. The first-order valence-corrected chi connectivity index (χ1v) is 19.3. The molecular formula is C40H78N4O8. The number of nitrogens with two attached hydrogens (primary N) is 4. The molecule has 0 aromatic rings. The minimum atomic E-state index is -1.23. The average molecular weight is 743 g/mol. The van der Waals surface area contributed by atoms with Crippen molar-refractivity contribution in [1.82, 2.24) is 0 Å². The quantitative estimate of drug-likeness (QED) is 0.0564. The monoisotopic (exact) mass is 743 g/mol. The first-order valence-electron chi connectivity index (χ1n) is 19.3. The van der Waals surface area contributed by atoms with Crippen molar-refractivity contribution in [3.05, 3.63) is 0 Å². The number of hydrogen-bond acceptors (Lipinski definition) is 12. The normalized spacial score (nSPS) is 17.5. The summed E-state index contributed by atoms with van der Waals surface area (Å²) in [4.78, 5) is 51.6. The molecule has 5 unspecified atom stereocenters. The fourth-order valence-electron chi connectivity index (χ4n) is 5.58. The minimum Gasteiger partial charge on any atom is -0.459 e. The molecule has 5 atom stereocenters. The van der Waals surface area contributed by atoms with Gasteiger partial charge in [-0.15, -0.1) is 0 Å². The zero-order chi connectivity index (χ0) is 41.0. The van der Waals surface area contributed by atoms with Crippen LogP contribution in [0.25, 0.3) is 0 Å². The first kappa shape index (κ1) is 49.7. The van der Waals surface area contributed by atoms with Gasteiger partial charge in [0.25, 0.3) is 0 Å². The molecule has 0 aromatic heterocycles. The molecule has 0 aliphatic carbocycles. The fourth-order valence-corrected chi connectivity index (χ4v) is 5.58. The van der Waals surface area contributed by atoms with Gasteiger partial charge in [-0.05, 0) is 154 Å². The SMILES string of the molecule is CC(CCCCCC(N)(CCCC(N)C(=O)OC(C)(C)C)C(=O)OC(C)(C)C)CCC(N)(CCCC(C)(N)C(=O)OC(C)(C)C)C(=O)OC(C)(C)C. The number of ether oxygens (including phenoxy) is 4.